The first-order chi connectivity index (χ1) is 20.5. The second-order valence-electron chi connectivity index (χ2n) is 11.0. The van der Waals surface area contributed by atoms with Crippen LogP contribution in [0.2, 0.25) is 0 Å². The molecule has 0 N–H and O–H groups in total. The maximum Gasteiger partial charge on any atom is 0.250 e. The van der Waals surface area contributed by atoms with Crippen LogP contribution in [-0.2, 0) is 13.6 Å². The molecule has 2 aliphatic rings. The van der Waals surface area contributed by atoms with Gasteiger partial charge in [-0.3, -0.25) is 9.69 Å². The molecule has 10 nitrogen and oxygen atoms in total. The first kappa shape index (κ1) is 25.9. The molecule has 2 atom stereocenters. The van der Waals surface area contributed by atoms with Crippen LogP contribution in [0.5, 0.6) is 5.88 Å². The van der Waals surface area contributed by atoms with E-state index in [1.165, 1.54) is 23.0 Å². The predicted molar refractivity (Wildman–Crippen MR) is 159 cm³/mol. The number of pyridine rings is 4. The fraction of sp³-hybridized carbons (Fsp3) is 0.281. The number of hydrogen-bond acceptors (Lipinski definition) is 8. The third kappa shape index (κ3) is 4.58. The van der Waals surface area contributed by atoms with Gasteiger partial charge < -0.3 is 14.2 Å². The van der Waals surface area contributed by atoms with Crippen molar-refractivity contribution in [2.75, 3.05) is 25.1 Å². The largest absolute Gasteiger partial charge is 0.481 e. The summed E-state index contributed by atoms with van der Waals surface area (Å²) < 4.78 is 8.46. The molecule has 2 bridgehead atoms. The Balaban J connectivity index is 1.16. The van der Waals surface area contributed by atoms with Crippen molar-refractivity contribution < 1.29 is 4.74 Å². The molecule has 2 aliphatic heterocycles. The minimum Gasteiger partial charge on any atom is -0.481 e. The maximum atomic E-state index is 12.3. The van der Waals surface area contributed by atoms with Crippen LogP contribution in [0.15, 0.2) is 78.2 Å². The Bertz CT molecular complexity index is 1860. The minimum atomic E-state index is -0.0897. The molecular weight excluding hydrogens is 528 g/mol. The van der Waals surface area contributed by atoms with E-state index in [0.29, 0.717) is 23.5 Å². The topological polar surface area (TPSA) is 105 Å². The van der Waals surface area contributed by atoms with Gasteiger partial charge in [0, 0.05) is 92.4 Å². The van der Waals surface area contributed by atoms with E-state index < -0.39 is 0 Å². The lowest BCUT2D eigenvalue weighted by atomic mass is 10.0. The number of aryl methyl sites for hydroxylation is 1. The summed E-state index contributed by atoms with van der Waals surface area (Å²) in [5, 5.41) is 14.2. The Kier molecular flexibility index (Phi) is 6.44. The first-order valence-corrected chi connectivity index (χ1v) is 14.1. The van der Waals surface area contributed by atoms with E-state index in [1.54, 1.807) is 37.1 Å². The van der Waals surface area contributed by atoms with Crippen LogP contribution in [0.3, 0.4) is 0 Å². The number of fused-ring (bicyclic) bond motifs is 3. The normalized spacial score (nSPS) is 18.4. The predicted octanol–water partition coefficient (Wildman–Crippen LogP) is 3.89. The summed E-state index contributed by atoms with van der Waals surface area (Å²) in [5.41, 5.74) is 5.69. The van der Waals surface area contributed by atoms with Gasteiger partial charge in [-0.1, -0.05) is 6.07 Å². The van der Waals surface area contributed by atoms with E-state index in [4.69, 9.17) is 9.72 Å². The van der Waals surface area contributed by atoms with E-state index in [0.717, 1.165) is 53.2 Å². The van der Waals surface area contributed by atoms with E-state index in [-0.39, 0.29) is 5.56 Å². The van der Waals surface area contributed by atoms with Gasteiger partial charge in [-0.2, -0.15) is 10.4 Å². The molecule has 7 rings (SSSR count). The van der Waals surface area contributed by atoms with E-state index in [2.05, 4.69) is 44.2 Å². The molecule has 7 heterocycles. The zero-order valence-electron chi connectivity index (χ0n) is 23.5. The number of nitriles is 1. The van der Waals surface area contributed by atoms with Crippen molar-refractivity contribution in [3.05, 3.63) is 94.9 Å². The SMILES string of the molecule is COc1ccc(CN2C3CCC2CN(c2ccc(-c4cc(-c5ccn(C)c(=O)c5)cn5ncc(C#N)c45)cn2)C3)cn1. The summed E-state index contributed by atoms with van der Waals surface area (Å²) in [5.74, 6) is 1.59. The third-order valence-electron chi connectivity index (χ3n) is 8.56. The second kappa shape index (κ2) is 10.4. The molecule has 42 heavy (non-hydrogen) atoms. The summed E-state index contributed by atoms with van der Waals surface area (Å²) in [6.07, 6.45) is 11.3. The molecule has 2 fully saturated rings. The monoisotopic (exact) mass is 558 g/mol. The Labute approximate surface area is 243 Å². The third-order valence-corrected chi connectivity index (χ3v) is 8.56. The van der Waals surface area contributed by atoms with Crippen molar-refractivity contribution in [1.82, 2.24) is 29.0 Å². The van der Waals surface area contributed by atoms with Crippen LogP contribution < -0.4 is 15.2 Å². The summed E-state index contributed by atoms with van der Waals surface area (Å²) in [6.45, 7) is 2.74. The summed E-state index contributed by atoms with van der Waals surface area (Å²) in [4.78, 5) is 26.6. The Hall–Kier alpha value is -5.01. The highest BCUT2D eigenvalue weighted by Crippen LogP contribution is 2.35. The van der Waals surface area contributed by atoms with E-state index in [1.807, 2.05) is 36.8 Å². The van der Waals surface area contributed by atoms with Gasteiger partial charge in [0.2, 0.25) is 5.88 Å². The highest BCUT2D eigenvalue weighted by molar-refractivity contribution is 5.87. The molecule has 5 aromatic heterocycles. The fourth-order valence-electron chi connectivity index (χ4n) is 6.31. The lowest BCUT2D eigenvalue weighted by molar-refractivity contribution is 0.160. The van der Waals surface area contributed by atoms with Crippen molar-refractivity contribution in [2.24, 2.45) is 7.05 Å². The molecule has 0 saturated carbocycles. The molecule has 0 amide bonds. The number of piperazine rings is 1. The van der Waals surface area contributed by atoms with E-state index in [9.17, 15) is 10.1 Å². The van der Waals surface area contributed by atoms with Gasteiger partial charge in [-0.15, -0.1) is 0 Å². The molecule has 0 radical (unpaired) electrons. The smallest absolute Gasteiger partial charge is 0.250 e. The Morgan fingerprint density at radius 3 is 2.48 bits per heavy atom. The molecule has 0 aliphatic carbocycles. The Morgan fingerprint density at radius 1 is 0.976 bits per heavy atom. The summed E-state index contributed by atoms with van der Waals surface area (Å²) >= 11 is 0. The minimum absolute atomic E-state index is 0.0897. The van der Waals surface area contributed by atoms with Gasteiger partial charge in [0.25, 0.3) is 5.56 Å². The number of aromatic nitrogens is 5. The van der Waals surface area contributed by atoms with Gasteiger partial charge >= 0.3 is 0 Å². The summed E-state index contributed by atoms with van der Waals surface area (Å²) in [7, 11) is 3.36. The molecule has 5 aromatic rings. The van der Waals surface area contributed by atoms with Crippen LogP contribution >= 0.6 is 0 Å². The van der Waals surface area contributed by atoms with Crippen molar-refractivity contribution in [1.29, 1.82) is 5.26 Å². The zero-order valence-corrected chi connectivity index (χ0v) is 23.5. The molecule has 210 valence electrons. The second-order valence-corrected chi connectivity index (χ2v) is 11.0. The number of ether oxygens (including phenoxy) is 1. The number of anilines is 1. The summed E-state index contributed by atoms with van der Waals surface area (Å²) in [6, 6.07) is 16.9. The van der Waals surface area contributed by atoms with Gasteiger partial charge in [-0.05, 0) is 48.2 Å². The Morgan fingerprint density at radius 2 is 1.81 bits per heavy atom. The molecular formula is C32H30N8O2. The highest BCUT2D eigenvalue weighted by atomic mass is 16.5. The van der Waals surface area contributed by atoms with Crippen LogP contribution in [0, 0.1) is 11.3 Å². The quantitative estimate of drug-likeness (QED) is 0.309. The van der Waals surface area contributed by atoms with Crippen molar-refractivity contribution >= 4 is 11.3 Å². The average molecular weight is 559 g/mol. The van der Waals surface area contributed by atoms with Crippen LogP contribution in [0.1, 0.15) is 24.0 Å². The molecule has 2 unspecified atom stereocenters. The highest BCUT2D eigenvalue weighted by Gasteiger charge is 2.40. The van der Waals surface area contributed by atoms with Crippen LogP contribution in [0.4, 0.5) is 5.82 Å². The van der Waals surface area contributed by atoms with Gasteiger partial charge in [0.15, 0.2) is 0 Å². The average Bonchev–Trinajstić information content (AvgIpc) is 3.54. The number of nitrogens with zero attached hydrogens (tertiary/aromatic N) is 8. The van der Waals surface area contributed by atoms with Crippen molar-refractivity contribution in [3.63, 3.8) is 0 Å². The van der Waals surface area contributed by atoms with Gasteiger partial charge in [0.1, 0.15) is 11.9 Å². The molecule has 2 saturated heterocycles. The van der Waals surface area contributed by atoms with Crippen LogP contribution in [0.25, 0.3) is 27.8 Å². The number of methoxy groups -OCH3 is 1. The standard InChI is InChI=1S/C32H30N8O2/c1-37-10-9-22(12-31(37)41)24-11-28(32-25(13-33)16-36-40(32)18-24)23-4-7-29(34-15-23)38-19-26-5-6-27(20-38)39(26)17-21-3-8-30(42-2)35-14-21/h3-4,7-12,14-16,18,26-27H,5-6,17,19-20H2,1-2H3. The van der Waals surface area contributed by atoms with Crippen molar-refractivity contribution in [2.45, 2.75) is 31.5 Å². The van der Waals surface area contributed by atoms with Crippen LogP contribution in [-0.4, -0.2) is 61.3 Å². The molecule has 10 heteroatoms. The lowest BCUT2D eigenvalue weighted by Gasteiger charge is -2.41. The lowest BCUT2D eigenvalue weighted by Crippen LogP contribution is -2.53. The van der Waals surface area contributed by atoms with E-state index >= 15 is 0 Å². The zero-order chi connectivity index (χ0) is 28.8. The van der Waals surface area contributed by atoms with Gasteiger partial charge in [-0.25, -0.2) is 14.5 Å². The first-order valence-electron chi connectivity index (χ1n) is 14.1. The number of hydrogen-bond donors (Lipinski definition) is 0. The van der Waals surface area contributed by atoms with Gasteiger partial charge in [0.05, 0.1) is 24.4 Å². The fourth-order valence-corrected chi connectivity index (χ4v) is 6.31. The molecule has 0 spiro atoms. The maximum absolute atomic E-state index is 12.3. The molecule has 0 aromatic carbocycles. The van der Waals surface area contributed by atoms with Crippen molar-refractivity contribution in [3.8, 4) is 34.2 Å². The number of rotatable bonds is 6.